The van der Waals surface area contributed by atoms with Crippen molar-refractivity contribution in [2.75, 3.05) is 10.0 Å². The molecule has 0 fully saturated rings. The van der Waals surface area contributed by atoms with Gasteiger partial charge < -0.3 is 15.4 Å². The van der Waals surface area contributed by atoms with Crippen molar-refractivity contribution >= 4 is 39.9 Å². The largest absolute Gasteiger partial charge is 0.490 e. The Morgan fingerprint density at radius 1 is 1.08 bits per heavy atom. The molecule has 0 aliphatic heterocycles. The zero-order valence-electron chi connectivity index (χ0n) is 13.1. The average Bonchev–Trinajstić information content (AvgIpc) is 2.48. The summed E-state index contributed by atoms with van der Waals surface area (Å²) in [5, 5.41) is 21.4. The van der Waals surface area contributed by atoms with Crippen LogP contribution in [0.15, 0.2) is 47.4 Å². The summed E-state index contributed by atoms with van der Waals surface area (Å²) in [5.74, 6) is -0.332. The van der Waals surface area contributed by atoms with Crippen molar-refractivity contribution in [1.82, 2.24) is 0 Å². The Bertz CT molecular complexity index is 851. The first kappa shape index (κ1) is 18.0. The second-order valence-electron chi connectivity index (χ2n) is 5.28. The molecule has 0 aromatic heterocycles. The van der Waals surface area contributed by atoms with E-state index in [0.717, 1.165) is 5.56 Å². The number of aryl methyl sites for hydroxylation is 1. The highest BCUT2D eigenvalue weighted by atomic mass is 32.2. The fourth-order valence-electron chi connectivity index (χ4n) is 2.07. The van der Waals surface area contributed by atoms with E-state index < -0.39 is 17.1 Å². The van der Waals surface area contributed by atoms with Gasteiger partial charge in [-0.2, -0.15) is 0 Å². The molecule has 4 N–H and O–H groups in total. The van der Waals surface area contributed by atoms with Crippen LogP contribution >= 0.6 is 0 Å². The maximum Gasteiger partial charge on any atom is 0.490 e. The fourth-order valence-corrected chi connectivity index (χ4v) is 3.16. The molecule has 0 saturated heterocycles. The molecule has 0 atom stereocenters. The van der Waals surface area contributed by atoms with Crippen molar-refractivity contribution in [2.45, 2.75) is 18.7 Å². The number of rotatable bonds is 5. The summed E-state index contributed by atoms with van der Waals surface area (Å²) in [6, 6.07) is 10.3. The molecule has 0 saturated carbocycles. The Labute approximate surface area is 140 Å². The molecular formula is C15H17BN2O5S. The predicted molar refractivity (Wildman–Crippen MR) is 92.6 cm³/mol. The molecule has 1 amide bonds. The minimum atomic E-state index is -3.88. The monoisotopic (exact) mass is 348 g/mol. The van der Waals surface area contributed by atoms with Gasteiger partial charge >= 0.3 is 7.12 Å². The quantitative estimate of drug-likeness (QED) is 0.585. The fraction of sp³-hybridized carbons (Fsp3) is 0.133. The van der Waals surface area contributed by atoms with Crippen LogP contribution in [0, 0.1) is 6.92 Å². The van der Waals surface area contributed by atoms with E-state index in [2.05, 4.69) is 10.0 Å². The van der Waals surface area contributed by atoms with Crippen LogP contribution < -0.4 is 15.5 Å². The normalized spacial score (nSPS) is 11.0. The molecule has 0 aliphatic rings. The number of hydrogen-bond donors (Lipinski definition) is 4. The Balaban J connectivity index is 2.37. The molecule has 0 unspecified atom stereocenters. The third kappa shape index (κ3) is 4.35. The molecule has 0 radical (unpaired) electrons. The molecule has 2 rings (SSSR count). The lowest BCUT2D eigenvalue weighted by molar-refractivity contribution is -0.114. The molecule has 0 spiro atoms. The van der Waals surface area contributed by atoms with E-state index in [1.807, 2.05) is 6.92 Å². The summed E-state index contributed by atoms with van der Waals surface area (Å²) in [5.41, 5.74) is 1.18. The second-order valence-corrected chi connectivity index (χ2v) is 6.96. The molecule has 0 heterocycles. The maximum atomic E-state index is 12.4. The maximum absolute atomic E-state index is 12.4. The minimum absolute atomic E-state index is 0.0136. The van der Waals surface area contributed by atoms with Gasteiger partial charge in [-0.3, -0.25) is 9.52 Å². The summed E-state index contributed by atoms with van der Waals surface area (Å²) in [4.78, 5) is 11.1. The Hall–Kier alpha value is -2.36. The number of anilines is 2. The third-order valence-corrected chi connectivity index (χ3v) is 4.61. The van der Waals surface area contributed by atoms with Crippen LogP contribution in [0.3, 0.4) is 0 Å². The number of carbonyl (C=O) groups excluding carboxylic acids is 1. The predicted octanol–water partition coefficient (Wildman–Crippen LogP) is 0.434. The molecule has 7 nitrogen and oxygen atoms in total. The molecule has 126 valence electrons. The number of amides is 1. The lowest BCUT2D eigenvalue weighted by atomic mass is 9.79. The first-order valence-electron chi connectivity index (χ1n) is 7.06. The van der Waals surface area contributed by atoms with Gasteiger partial charge in [0.25, 0.3) is 10.0 Å². The summed E-state index contributed by atoms with van der Waals surface area (Å²) in [6.45, 7) is 3.15. The average molecular weight is 348 g/mol. The van der Waals surface area contributed by atoms with Crippen molar-refractivity contribution in [3.63, 3.8) is 0 Å². The van der Waals surface area contributed by atoms with Crippen LogP contribution in [0.5, 0.6) is 0 Å². The minimum Gasteiger partial charge on any atom is -0.423 e. The highest BCUT2D eigenvalue weighted by Gasteiger charge is 2.21. The molecule has 2 aromatic carbocycles. The summed E-state index contributed by atoms with van der Waals surface area (Å²) < 4.78 is 27.1. The standard InChI is InChI=1S/C15H17BN2O5S/c1-10-3-6-13(7-4-10)24(22,23)18-15-8-5-12(17-11(2)19)9-14(15)16(20)21/h3-9,18,20-21H,1-2H3,(H,17,19). The third-order valence-electron chi connectivity index (χ3n) is 3.23. The zero-order valence-corrected chi connectivity index (χ0v) is 14.0. The van der Waals surface area contributed by atoms with Gasteiger partial charge in [-0.05, 0) is 37.3 Å². The van der Waals surface area contributed by atoms with E-state index >= 15 is 0 Å². The Morgan fingerprint density at radius 3 is 2.25 bits per heavy atom. The second kappa shape index (κ2) is 7.04. The van der Waals surface area contributed by atoms with E-state index in [9.17, 15) is 23.3 Å². The van der Waals surface area contributed by atoms with E-state index in [0.29, 0.717) is 5.69 Å². The highest BCUT2D eigenvalue weighted by Crippen LogP contribution is 2.18. The zero-order chi connectivity index (χ0) is 17.9. The first-order chi connectivity index (χ1) is 11.2. The van der Waals surface area contributed by atoms with Gasteiger partial charge in [-0.1, -0.05) is 17.7 Å². The smallest absolute Gasteiger partial charge is 0.423 e. The van der Waals surface area contributed by atoms with E-state index in [-0.39, 0.29) is 22.0 Å². The molecule has 2 aromatic rings. The Morgan fingerprint density at radius 2 is 1.71 bits per heavy atom. The van der Waals surface area contributed by atoms with Gasteiger partial charge in [-0.15, -0.1) is 0 Å². The van der Waals surface area contributed by atoms with Gasteiger partial charge in [0.05, 0.1) is 4.90 Å². The number of hydrogen-bond acceptors (Lipinski definition) is 5. The van der Waals surface area contributed by atoms with Gasteiger partial charge in [0.2, 0.25) is 5.91 Å². The summed E-state index contributed by atoms with van der Waals surface area (Å²) in [6.07, 6.45) is 0. The van der Waals surface area contributed by atoms with Crippen LogP contribution in [0.4, 0.5) is 11.4 Å². The lowest BCUT2D eigenvalue weighted by Crippen LogP contribution is -2.34. The molecule has 9 heteroatoms. The number of sulfonamides is 1. The number of benzene rings is 2. The summed E-state index contributed by atoms with van der Waals surface area (Å²) in [7, 11) is -5.79. The van der Waals surface area contributed by atoms with Gasteiger partial charge in [0.1, 0.15) is 0 Å². The van der Waals surface area contributed by atoms with Crippen molar-refractivity contribution in [1.29, 1.82) is 0 Å². The summed E-state index contributed by atoms with van der Waals surface area (Å²) >= 11 is 0. The van der Waals surface area contributed by atoms with Gasteiger partial charge in [-0.25, -0.2) is 8.42 Å². The van der Waals surface area contributed by atoms with Crippen molar-refractivity contribution in [2.24, 2.45) is 0 Å². The molecule has 0 bridgehead atoms. The SMILES string of the molecule is CC(=O)Nc1ccc(NS(=O)(=O)c2ccc(C)cc2)c(B(O)O)c1. The number of nitrogens with one attached hydrogen (secondary N) is 2. The van der Waals surface area contributed by atoms with Crippen LogP contribution in [-0.2, 0) is 14.8 Å². The molecular weight excluding hydrogens is 331 g/mol. The van der Waals surface area contributed by atoms with Crippen molar-refractivity contribution in [3.05, 3.63) is 48.0 Å². The van der Waals surface area contributed by atoms with Crippen molar-refractivity contribution in [3.8, 4) is 0 Å². The van der Waals surface area contributed by atoms with E-state index in [1.165, 1.54) is 37.3 Å². The molecule has 24 heavy (non-hydrogen) atoms. The van der Waals surface area contributed by atoms with E-state index in [4.69, 9.17) is 0 Å². The highest BCUT2D eigenvalue weighted by molar-refractivity contribution is 7.92. The van der Waals surface area contributed by atoms with Crippen LogP contribution in [0.1, 0.15) is 12.5 Å². The van der Waals surface area contributed by atoms with Crippen LogP contribution in [0.25, 0.3) is 0 Å². The van der Waals surface area contributed by atoms with Crippen LogP contribution in [-0.4, -0.2) is 31.5 Å². The topological polar surface area (TPSA) is 116 Å². The van der Waals surface area contributed by atoms with Crippen molar-refractivity contribution < 1.29 is 23.3 Å². The van der Waals surface area contributed by atoms with Gasteiger partial charge in [0, 0.05) is 23.8 Å². The number of carbonyl (C=O) groups is 1. The lowest BCUT2D eigenvalue weighted by Gasteiger charge is -2.14. The first-order valence-corrected chi connectivity index (χ1v) is 8.54. The van der Waals surface area contributed by atoms with E-state index in [1.54, 1.807) is 12.1 Å². The Kier molecular flexibility index (Phi) is 5.28. The van der Waals surface area contributed by atoms with Gasteiger partial charge in [0.15, 0.2) is 0 Å². The molecule has 0 aliphatic carbocycles. The van der Waals surface area contributed by atoms with Crippen LogP contribution in [0.2, 0.25) is 0 Å².